The number of amides is 1. The molecule has 2 unspecified atom stereocenters. The van der Waals surface area contributed by atoms with E-state index in [-0.39, 0.29) is 35.4 Å². The van der Waals surface area contributed by atoms with Gasteiger partial charge >= 0.3 is 0 Å². The van der Waals surface area contributed by atoms with Gasteiger partial charge in [-0.1, -0.05) is 6.07 Å². The highest BCUT2D eigenvalue weighted by Crippen LogP contribution is 2.24. The highest BCUT2D eigenvalue weighted by molar-refractivity contribution is 7.89. The Morgan fingerprint density at radius 3 is 2.89 bits per heavy atom. The Kier molecular flexibility index (Phi) is 5.95. The van der Waals surface area contributed by atoms with E-state index in [0.29, 0.717) is 18.9 Å². The first-order chi connectivity index (χ1) is 12.9. The minimum atomic E-state index is -3.64. The van der Waals surface area contributed by atoms with Crippen LogP contribution in [-0.2, 0) is 14.8 Å². The van der Waals surface area contributed by atoms with E-state index in [2.05, 4.69) is 4.72 Å². The first-order valence-electron chi connectivity index (χ1n) is 8.56. The summed E-state index contributed by atoms with van der Waals surface area (Å²) in [6.07, 6.45) is 0.873. The van der Waals surface area contributed by atoms with Gasteiger partial charge in [0.2, 0.25) is 10.0 Å². The zero-order valence-corrected chi connectivity index (χ0v) is 15.7. The molecule has 1 amide bonds. The van der Waals surface area contributed by atoms with E-state index >= 15 is 0 Å². The largest absolute Gasteiger partial charge is 0.467 e. The highest BCUT2D eigenvalue weighted by atomic mass is 32.2. The number of morpholine rings is 1. The maximum atomic E-state index is 13.0. The molecular weight excluding hydrogens is 372 g/mol. The number of sulfonamides is 1. The molecule has 2 heterocycles. The van der Waals surface area contributed by atoms with Crippen LogP contribution >= 0.6 is 0 Å². The molecule has 1 saturated heterocycles. The zero-order chi connectivity index (χ0) is 19.4. The Balaban J connectivity index is 1.80. The lowest BCUT2D eigenvalue weighted by atomic mass is 10.0. The van der Waals surface area contributed by atoms with Gasteiger partial charge < -0.3 is 19.2 Å². The number of furan rings is 1. The number of aliphatic hydroxyl groups excluding tert-OH is 1. The van der Waals surface area contributed by atoms with Gasteiger partial charge in [0.1, 0.15) is 11.9 Å². The SMILES string of the molecule is CNS(=O)(=O)c1cccc(C(=O)N2CCOCC2CC(O)c2ccco2)c1. The Morgan fingerprint density at radius 1 is 1.37 bits per heavy atom. The van der Waals surface area contributed by atoms with Crippen molar-refractivity contribution in [3.05, 3.63) is 54.0 Å². The molecular formula is C18H22N2O6S. The van der Waals surface area contributed by atoms with E-state index < -0.39 is 16.1 Å². The van der Waals surface area contributed by atoms with E-state index in [0.717, 1.165) is 0 Å². The Hall–Kier alpha value is -2.20. The monoisotopic (exact) mass is 394 g/mol. The van der Waals surface area contributed by atoms with E-state index in [1.54, 1.807) is 23.1 Å². The topological polar surface area (TPSA) is 109 Å². The molecule has 1 aliphatic heterocycles. The molecule has 0 bridgehead atoms. The van der Waals surface area contributed by atoms with Crippen LogP contribution in [0.25, 0.3) is 0 Å². The van der Waals surface area contributed by atoms with E-state index in [4.69, 9.17) is 9.15 Å². The molecule has 0 radical (unpaired) electrons. The number of nitrogens with one attached hydrogen (secondary N) is 1. The number of rotatable bonds is 6. The smallest absolute Gasteiger partial charge is 0.254 e. The summed E-state index contributed by atoms with van der Waals surface area (Å²) in [5.41, 5.74) is 0.269. The molecule has 9 heteroatoms. The molecule has 1 aromatic heterocycles. The summed E-state index contributed by atoms with van der Waals surface area (Å²) in [6, 6.07) is 8.90. The van der Waals surface area contributed by atoms with Crippen LogP contribution in [0.4, 0.5) is 0 Å². The second kappa shape index (κ2) is 8.22. The molecule has 0 aliphatic carbocycles. The molecule has 0 saturated carbocycles. The first-order valence-corrected chi connectivity index (χ1v) is 10.0. The van der Waals surface area contributed by atoms with Crippen molar-refractivity contribution >= 4 is 15.9 Å². The molecule has 2 atom stereocenters. The summed E-state index contributed by atoms with van der Waals surface area (Å²) in [5.74, 6) is 0.123. The van der Waals surface area contributed by atoms with Crippen LogP contribution in [0, 0.1) is 0 Å². The average molecular weight is 394 g/mol. The molecule has 1 aliphatic rings. The standard InChI is InChI=1S/C18H22N2O6S/c1-19-27(23,24)15-5-2-4-13(10-15)18(22)20-7-9-25-12-14(20)11-16(21)17-6-3-8-26-17/h2-6,8,10,14,16,19,21H,7,9,11-12H2,1H3. The lowest BCUT2D eigenvalue weighted by Gasteiger charge is -2.36. The molecule has 0 spiro atoms. The summed E-state index contributed by atoms with van der Waals surface area (Å²) in [5, 5.41) is 10.3. The fourth-order valence-electron chi connectivity index (χ4n) is 3.05. The minimum absolute atomic E-state index is 0.0243. The van der Waals surface area contributed by atoms with Crippen LogP contribution < -0.4 is 4.72 Å². The number of hydrogen-bond donors (Lipinski definition) is 2. The molecule has 146 valence electrons. The van der Waals surface area contributed by atoms with Gasteiger partial charge in [-0.2, -0.15) is 0 Å². The fourth-order valence-corrected chi connectivity index (χ4v) is 3.83. The zero-order valence-electron chi connectivity index (χ0n) is 14.9. The molecule has 8 nitrogen and oxygen atoms in total. The Labute approximate surface area is 157 Å². The van der Waals surface area contributed by atoms with Crippen molar-refractivity contribution in [2.45, 2.75) is 23.5 Å². The van der Waals surface area contributed by atoms with Crippen molar-refractivity contribution in [2.24, 2.45) is 0 Å². The minimum Gasteiger partial charge on any atom is -0.467 e. The van der Waals surface area contributed by atoms with Crippen LogP contribution in [-0.4, -0.2) is 57.2 Å². The third-order valence-electron chi connectivity index (χ3n) is 4.52. The predicted molar refractivity (Wildman–Crippen MR) is 96.6 cm³/mol. The van der Waals surface area contributed by atoms with Crippen LogP contribution in [0.1, 0.15) is 28.6 Å². The van der Waals surface area contributed by atoms with Gasteiger partial charge in [0, 0.05) is 18.5 Å². The van der Waals surface area contributed by atoms with Crippen LogP contribution in [0.3, 0.4) is 0 Å². The quantitative estimate of drug-likeness (QED) is 0.761. The third kappa shape index (κ3) is 4.38. The number of aliphatic hydroxyl groups is 1. The molecule has 27 heavy (non-hydrogen) atoms. The average Bonchev–Trinajstić information content (AvgIpc) is 3.23. The highest BCUT2D eigenvalue weighted by Gasteiger charge is 2.31. The van der Waals surface area contributed by atoms with Crippen molar-refractivity contribution in [1.82, 2.24) is 9.62 Å². The van der Waals surface area contributed by atoms with Gasteiger partial charge in [0.05, 0.1) is 30.4 Å². The summed E-state index contributed by atoms with van der Waals surface area (Å²) < 4.78 is 36.9. The molecule has 3 rings (SSSR count). The fraction of sp³-hybridized carbons (Fsp3) is 0.389. The van der Waals surface area contributed by atoms with Crippen LogP contribution in [0.15, 0.2) is 52.0 Å². The number of hydrogen-bond acceptors (Lipinski definition) is 6. The Bertz CT molecular complexity index is 881. The van der Waals surface area contributed by atoms with Crippen LogP contribution in [0.2, 0.25) is 0 Å². The van der Waals surface area contributed by atoms with Gasteiger partial charge in [0.15, 0.2) is 0 Å². The maximum absolute atomic E-state index is 13.0. The van der Waals surface area contributed by atoms with Gasteiger partial charge in [-0.25, -0.2) is 13.1 Å². The number of carbonyl (C=O) groups excluding carboxylic acids is 1. The van der Waals surface area contributed by atoms with Crippen molar-refractivity contribution < 1.29 is 27.5 Å². The van der Waals surface area contributed by atoms with Crippen molar-refractivity contribution in [1.29, 1.82) is 0 Å². The molecule has 2 N–H and O–H groups in total. The molecule has 1 fully saturated rings. The van der Waals surface area contributed by atoms with Gasteiger partial charge in [0.25, 0.3) is 5.91 Å². The molecule has 1 aromatic carbocycles. The first kappa shape index (κ1) is 19.6. The van der Waals surface area contributed by atoms with Gasteiger partial charge in [-0.15, -0.1) is 0 Å². The number of nitrogens with zero attached hydrogens (tertiary/aromatic N) is 1. The van der Waals surface area contributed by atoms with Gasteiger partial charge in [-0.05, 0) is 37.4 Å². The van der Waals surface area contributed by atoms with Crippen molar-refractivity contribution in [3.8, 4) is 0 Å². The lowest BCUT2D eigenvalue weighted by molar-refractivity contribution is -0.0195. The predicted octanol–water partition coefficient (Wildman–Crippen LogP) is 1.15. The van der Waals surface area contributed by atoms with E-state index in [1.165, 1.54) is 31.5 Å². The number of benzene rings is 1. The summed E-state index contributed by atoms with van der Waals surface area (Å²) in [4.78, 5) is 14.6. The van der Waals surface area contributed by atoms with Crippen LogP contribution in [0.5, 0.6) is 0 Å². The van der Waals surface area contributed by atoms with Crippen molar-refractivity contribution in [3.63, 3.8) is 0 Å². The summed E-state index contributed by atoms with van der Waals surface area (Å²) in [6.45, 7) is 1.03. The van der Waals surface area contributed by atoms with Gasteiger partial charge in [-0.3, -0.25) is 4.79 Å². The maximum Gasteiger partial charge on any atom is 0.254 e. The third-order valence-corrected chi connectivity index (χ3v) is 5.93. The van der Waals surface area contributed by atoms with E-state index in [9.17, 15) is 18.3 Å². The summed E-state index contributed by atoms with van der Waals surface area (Å²) >= 11 is 0. The molecule has 2 aromatic rings. The Morgan fingerprint density at radius 2 is 2.19 bits per heavy atom. The lowest BCUT2D eigenvalue weighted by Crippen LogP contribution is -2.49. The summed E-state index contributed by atoms with van der Waals surface area (Å²) in [7, 11) is -2.33. The van der Waals surface area contributed by atoms with Crippen molar-refractivity contribution in [2.75, 3.05) is 26.8 Å². The number of ether oxygens (including phenoxy) is 1. The number of carbonyl (C=O) groups is 1. The second-order valence-corrected chi connectivity index (χ2v) is 8.12. The van der Waals surface area contributed by atoms with E-state index in [1.807, 2.05) is 0 Å². The second-order valence-electron chi connectivity index (χ2n) is 6.23. The normalized spacial score (nSPS) is 19.0.